The van der Waals surface area contributed by atoms with Gasteiger partial charge in [0.2, 0.25) is 0 Å². The van der Waals surface area contributed by atoms with Gasteiger partial charge in [0.1, 0.15) is 6.10 Å². The number of ether oxygens (including phenoxy) is 1. The molecule has 0 aliphatic rings. The summed E-state index contributed by atoms with van der Waals surface area (Å²) in [6.45, 7) is 2.99. The zero-order chi connectivity index (χ0) is 17.6. The fraction of sp³-hybridized carbons (Fsp3) is 0.250. The van der Waals surface area contributed by atoms with Crippen molar-refractivity contribution < 1.29 is 9.53 Å². The van der Waals surface area contributed by atoms with Crippen LogP contribution in [-0.4, -0.2) is 19.7 Å². The first-order chi connectivity index (χ1) is 12.2. The topological polar surface area (TPSA) is 50.4 Å². The Kier molecular flexibility index (Phi) is 5.68. The maximum Gasteiger partial charge on any atom is 0.315 e. The van der Waals surface area contributed by atoms with E-state index in [1.807, 2.05) is 30.3 Å². The van der Waals surface area contributed by atoms with Gasteiger partial charge in [0, 0.05) is 23.4 Å². The van der Waals surface area contributed by atoms with Crippen molar-refractivity contribution in [3.05, 3.63) is 69.9 Å². The summed E-state index contributed by atoms with van der Waals surface area (Å²) in [6.07, 6.45) is -0.123. The van der Waals surface area contributed by atoms with Crippen LogP contribution in [0.1, 0.15) is 21.4 Å². The molecule has 0 spiro atoms. The minimum absolute atomic E-state index is 0.123. The van der Waals surface area contributed by atoms with E-state index in [0.717, 1.165) is 15.8 Å². The maximum absolute atomic E-state index is 12.1. The van der Waals surface area contributed by atoms with Gasteiger partial charge in [0.15, 0.2) is 0 Å². The van der Waals surface area contributed by atoms with Gasteiger partial charge in [-0.05, 0) is 35.4 Å². The standard InChI is InChI=1S/C20H22N2O2S/c1-14-10-11-19(25-14)18(24-2)13-22-20(23)21-12-16-8-5-7-15-6-3-4-9-17(15)16/h3-11,18H,12-13H2,1-2H3,(H2,21,22,23). The molecule has 2 amide bonds. The lowest BCUT2D eigenvalue weighted by Crippen LogP contribution is -2.37. The van der Waals surface area contributed by atoms with Crippen molar-refractivity contribution >= 4 is 28.1 Å². The number of hydrogen-bond donors (Lipinski definition) is 2. The molecule has 0 saturated carbocycles. The molecule has 0 bridgehead atoms. The predicted molar refractivity (Wildman–Crippen MR) is 103 cm³/mol. The number of aryl methyl sites for hydroxylation is 1. The zero-order valence-electron chi connectivity index (χ0n) is 14.4. The Bertz CT molecular complexity index is 854. The zero-order valence-corrected chi connectivity index (χ0v) is 15.2. The van der Waals surface area contributed by atoms with Crippen molar-refractivity contribution in [1.82, 2.24) is 10.6 Å². The second kappa shape index (κ2) is 8.14. The summed E-state index contributed by atoms with van der Waals surface area (Å²) >= 11 is 1.69. The Balaban J connectivity index is 1.55. The monoisotopic (exact) mass is 354 g/mol. The van der Waals surface area contributed by atoms with E-state index in [2.05, 4.69) is 41.8 Å². The van der Waals surface area contributed by atoms with Crippen LogP contribution in [0.4, 0.5) is 4.79 Å². The molecule has 1 aromatic heterocycles. The molecule has 25 heavy (non-hydrogen) atoms. The summed E-state index contributed by atoms with van der Waals surface area (Å²) in [4.78, 5) is 14.5. The van der Waals surface area contributed by atoms with Gasteiger partial charge in [-0.2, -0.15) is 0 Å². The summed E-state index contributed by atoms with van der Waals surface area (Å²) in [5, 5.41) is 8.15. The highest BCUT2D eigenvalue weighted by molar-refractivity contribution is 7.12. The molecule has 0 fully saturated rings. The molecule has 1 heterocycles. The molecule has 5 heteroatoms. The third kappa shape index (κ3) is 4.38. The molecule has 3 aromatic rings. The number of nitrogens with one attached hydrogen (secondary N) is 2. The maximum atomic E-state index is 12.1. The van der Waals surface area contributed by atoms with Gasteiger partial charge in [-0.15, -0.1) is 11.3 Å². The Labute approximate surface area is 151 Å². The van der Waals surface area contributed by atoms with Gasteiger partial charge in [-0.1, -0.05) is 42.5 Å². The number of rotatable bonds is 6. The molecule has 0 radical (unpaired) electrons. The van der Waals surface area contributed by atoms with Crippen molar-refractivity contribution in [3.8, 4) is 0 Å². The molecule has 130 valence electrons. The van der Waals surface area contributed by atoms with Crippen LogP contribution < -0.4 is 10.6 Å². The average Bonchev–Trinajstić information content (AvgIpc) is 3.06. The van der Waals surface area contributed by atoms with E-state index in [0.29, 0.717) is 13.1 Å². The fourth-order valence-electron chi connectivity index (χ4n) is 2.80. The summed E-state index contributed by atoms with van der Waals surface area (Å²) in [7, 11) is 1.66. The normalized spacial score (nSPS) is 12.1. The largest absolute Gasteiger partial charge is 0.374 e. The molecule has 0 saturated heterocycles. The lowest BCUT2D eigenvalue weighted by atomic mass is 10.0. The first-order valence-corrected chi connectivity index (χ1v) is 9.06. The number of urea groups is 1. The molecular weight excluding hydrogens is 332 g/mol. The van der Waals surface area contributed by atoms with Gasteiger partial charge in [-0.3, -0.25) is 0 Å². The van der Waals surface area contributed by atoms with Gasteiger partial charge in [0.25, 0.3) is 0 Å². The molecule has 1 unspecified atom stereocenters. The smallest absolute Gasteiger partial charge is 0.315 e. The summed E-state index contributed by atoms with van der Waals surface area (Å²) in [5.41, 5.74) is 1.10. The Morgan fingerprint density at radius 2 is 1.88 bits per heavy atom. The van der Waals surface area contributed by atoms with Crippen molar-refractivity contribution in [2.75, 3.05) is 13.7 Å². The number of carbonyl (C=O) groups excluding carboxylic acids is 1. The van der Waals surface area contributed by atoms with Crippen molar-refractivity contribution in [1.29, 1.82) is 0 Å². The second-order valence-electron chi connectivity index (χ2n) is 5.87. The first-order valence-electron chi connectivity index (χ1n) is 8.25. The van der Waals surface area contributed by atoms with Crippen LogP contribution in [0.15, 0.2) is 54.6 Å². The fourth-order valence-corrected chi connectivity index (χ4v) is 3.75. The van der Waals surface area contributed by atoms with E-state index in [9.17, 15) is 4.79 Å². The summed E-state index contributed by atoms with van der Waals surface area (Å²) < 4.78 is 5.49. The number of thiophene rings is 1. The van der Waals surface area contributed by atoms with Crippen LogP contribution in [0, 0.1) is 6.92 Å². The van der Waals surface area contributed by atoms with E-state index in [4.69, 9.17) is 4.74 Å². The first kappa shape index (κ1) is 17.5. The summed E-state index contributed by atoms with van der Waals surface area (Å²) in [6, 6.07) is 18.2. The van der Waals surface area contributed by atoms with Gasteiger partial charge in [0.05, 0.1) is 6.54 Å². The molecule has 1 atom stereocenters. The Hall–Kier alpha value is -2.37. The molecule has 2 aromatic carbocycles. The van der Waals surface area contributed by atoms with Gasteiger partial charge >= 0.3 is 6.03 Å². The lowest BCUT2D eigenvalue weighted by molar-refractivity contribution is 0.107. The molecule has 4 nitrogen and oxygen atoms in total. The predicted octanol–water partition coefficient (Wildman–Crippen LogP) is 4.40. The number of methoxy groups -OCH3 is 1. The molecule has 0 aliphatic heterocycles. The lowest BCUT2D eigenvalue weighted by Gasteiger charge is -2.15. The van der Waals surface area contributed by atoms with Crippen LogP contribution in [0.25, 0.3) is 10.8 Å². The highest BCUT2D eigenvalue weighted by Crippen LogP contribution is 2.24. The van der Waals surface area contributed by atoms with Gasteiger partial charge < -0.3 is 15.4 Å². The van der Waals surface area contributed by atoms with Crippen molar-refractivity contribution in [2.45, 2.75) is 19.6 Å². The van der Waals surface area contributed by atoms with E-state index in [1.54, 1.807) is 18.4 Å². The Morgan fingerprint density at radius 3 is 2.64 bits per heavy atom. The van der Waals surface area contributed by atoms with Crippen molar-refractivity contribution in [3.63, 3.8) is 0 Å². The van der Waals surface area contributed by atoms with Crippen LogP contribution in [0.5, 0.6) is 0 Å². The highest BCUT2D eigenvalue weighted by Gasteiger charge is 2.14. The minimum Gasteiger partial charge on any atom is -0.374 e. The van der Waals surface area contributed by atoms with E-state index in [-0.39, 0.29) is 12.1 Å². The number of fused-ring (bicyclic) bond motifs is 1. The molecule has 2 N–H and O–H groups in total. The van der Waals surface area contributed by atoms with Crippen LogP contribution in [0.3, 0.4) is 0 Å². The van der Waals surface area contributed by atoms with Crippen LogP contribution >= 0.6 is 11.3 Å². The average molecular weight is 354 g/mol. The minimum atomic E-state index is -0.191. The number of hydrogen-bond acceptors (Lipinski definition) is 3. The number of carbonyl (C=O) groups is 1. The molecule has 0 aliphatic carbocycles. The quantitative estimate of drug-likeness (QED) is 0.689. The third-order valence-corrected chi connectivity index (χ3v) is 5.22. The number of amides is 2. The van der Waals surface area contributed by atoms with E-state index < -0.39 is 0 Å². The molecule has 3 rings (SSSR count). The molecular formula is C20H22N2O2S. The third-order valence-electron chi connectivity index (χ3n) is 4.13. The summed E-state index contributed by atoms with van der Waals surface area (Å²) in [5.74, 6) is 0. The van der Waals surface area contributed by atoms with Crippen LogP contribution in [0.2, 0.25) is 0 Å². The Morgan fingerprint density at radius 1 is 1.08 bits per heavy atom. The SMILES string of the molecule is COC(CNC(=O)NCc1cccc2ccccc12)c1ccc(C)s1. The van der Waals surface area contributed by atoms with Gasteiger partial charge in [-0.25, -0.2) is 4.79 Å². The van der Waals surface area contributed by atoms with Crippen molar-refractivity contribution in [2.24, 2.45) is 0 Å². The highest BCUT2D eigenvalue weighted by atomic mass is 32.1. The second-order valence-corrected chi connectivity index (χ2v) is 7.19. The van der Waals surface area contributed by atoms with Crippen LogP contribution in [-0.2, 0) is 11.3 Å². The van der Waals surface area contributed by atoms with E-state index >= 15 is 0 Å². The van der Waals surface area contributed by atoms with E-state index in [1.165, 1.54) is 10.3 Å². The number of benzene rings is 2.